The van der Waals surface area contributed by atoms with Gasteiger partial charge in [0.15, 0.2) is 0 Å². The van der Waals surface area contributed by atoms with Gasteiger partial charge in [-0.2, -0.15) is 0 Å². The number of hydrogen-bond donors (Lipinski definition) is 1. The molecule has 20 heavy (non-hydrogen) atoms. The molecule has 1 aromatic rings. The fourth-order valence-corrected chi connectivity index (χ4v) is 3.65. The Hall–Kier alpha value is -1.53. The third-order valence-corrected chi connectivity index (χ3v) is 4.43. The summed E-state index contributed by atoms with van der Waals surface area (Å²) in [4.78, 5) is 25.6. The van der Waals surface area contributed by atoms with Crippen molar-refractivity contribution in [1.82, 2.24) is 4.90 Å². The van der Waals surface area contributed by atoms with Gasteiger partial charge in [0.05, 0.1) is 13.2 Å². The van der Waals surface area contributed by atoms with Gasteiger partial charge in [0.2, 0.25) is 5.91 Å². The first kappa shape index (κ1) is 14.9. The fraction of sp³-hybridized carbons (Fsp3) is 0.429. The van der Waals surface area contributed by atoms with Crippen LogP contribution in [0.4, 0.5) is 0 Å². The summed E-state index contributed by atoms with van der Waals surface area (Å²) in [6.45, 7) is 1.95. The summed E-state index contributed by atoms with van der Waals surface area (Å²) >= 11 is 1.56. The Labute approximate surface area is 122 Å². The lowest BCUT2D eigenvalue weighted by Gasteiger charge is -2.28. The number of esters is 1. The standard InChI is InChI=1S/C14H18N2O3S/c1-2-19-14(18)11-9-20-13(16(11)12(17)8-15)10-6-4-3-5-7-10/h3-7,11,13H,2,8-9,15H2,1H3. The maximum atomic E-state index is 12.1. The van der Waals surface area contributed by atoms with Crippen molar-refractivity contribution in [2.45, 2.75) is 18.3 Å². The SMILES string of the molecule is CCOC(=O)C1CSC(c2ccccc2)N1C(=O)CN. The lowest BCUT2D eigenvalue weighted by Crippen LogP contribution is -2.46. The average molecular weight is 294 g/mol. The Balaban J connectivity index is 2.26. The minimum absolute atomic E-state index is 0.111. The number of carbonyl (C=O) groups is 2. The Morgan fingerprint density at radius 2 is 2.10 bits per heavy atom. The van der Waals surface area contributed by atoms with Gasteiger partial charge >= 0.3 is 5.97 Å². The van der Waals surface area contributed by atoms with Crippen molar-refractivity contribution in [2.75, 3.05) is 18.9 Å². The molecule has 0 radical (unpaired) electrons. The second kappa shape index (κ2) is 6.76. The summed E-state index contributed by atoms with van der Waals surface area (Å²) in [5.41, 5.74) is 6.47. The Morgan fingerprint density at radius 3 is 2.70 bits per heavy atom. The first-order valence-corrected chi connectivity index (χ1v) is 7.58. The Bertz CT molecular complexity index is 481. The number of carbonyl (C=O) groups excluding carboxylic acids is 2. The Morgan fingerprint density at radius 1 is 1.40 bits per heavy atom. The van der Waals surface area contributed by atoms with Crippen LogP contribution >= 0.6 is 11.8 Å². The topological polar surface area (TPSA) is 72.6 Å². The fourth-order valence-electron chi connectivity index (χ4n) is 2.21. The predicted molar refractivity (Wildman–Crippen MR) is 78.0 cm³/mol. The van der Waals surface area contributed by atoms with Gasteiger partial charge in [0.1, 0.15) is 11.4 Å². The highest BCUT2D eigenvalue weighted by atomic mass is 32.2. The number of nitrogens with two attached hydrogens (primary N) is 1. The molecule has 1 aliphatic heterocycles. The van der Waals surface area contributed by atoms with E-state index in [9.17, 15) is 9.59 Å². The molecule has 0 spiro atoms. The number of thioether (sulfide) groups is 1. The lowest BCUT2D eigenvalue weighted by atomic mass is 10.1. The number of hydrogen-bond acceptors (Lipinski definition) is 5. The van der Waals surface area contributed by atoms with Crippen LogP contribution in [0.3, 0.4) is 0 Å². The minimum atomic E-state index is -0.554. The third kappa shape index (κ3) is 2.96. The van der Waals surface area contributed by atoms with E-state index in [2.05, 4.69) is 0 Å². The maximum Gasteiger partial charge on any atom is 0.329 e. The molecule has 6 heteroatoms. The lowest BCUT2D eigenvalue weighted by molar-refractivity contribution is -0.153. The smallest absolute Gasteiger partial charge is 0.329 e. The normalized spacial score (nSPS) is 21.8. The zero-order valence-electron chi connectivity index (χ0n) is 11.3. The summed E-state index contributed by atoms with van der Waals surface area (Å²) in [5.74, 6) is -0.0634. The number of rotatable bonds is 4. The van der Waals surface area contributed by atoms with Crippen molar-refractivity contribution in [3.8, 4) is 0 Å². The van der Waals surface area contributed by atoms with Gasteiger partial charge in [-0.1, -0.05) is 30.3 Å². The molecular formula is C14H18N2O3S. The number of nitrogens with zero attached hydrogens (tertiary/aromatic N) is 1. The Kier molecular flexibility index (Phi) is 5.03. The van der Waals surface area contributed by atoms with Crippen LogP contribution < -0.4 is 5.73 Å². The van der Waals surface area contributed by atoms with Crippen molar-refractivity contribution < 1.29 is 14.3 Å². The van der Waals surface area contributed by atoms with Gasteiger partial charge in [0.25, 0.3) is 0 Å². The molecule has 0 saturated carbocycles. The van der Waals surface area contributed by atoms with E-state index >= 15 is 0 Å². The van der Waals surface area contributed by atoms with Crippen molar-refractivity contribution in [3.63, 3.8) is 0 Å². The van der Waals surface area contributed by atoms with Gasteiger partial charge in [0, 0.05) is 5.75 Å². The average Bonchev–Trinajstić information content (AvgIpc) is 2.92. The van der Waals surface area contributed by atoms with Crippen molar-refractivity contribution in [1.29, 1.82) is 0 Å². The highest BCUT2D eigenvalue weighted by molar-refractivity contribution is 7.99. The van der Waals surface area contributed by atoms with Gasteiger partial charge in [-0.15, -0.1) is 11.8 Å². The summed E-state index contributed by atoms with van der Waals surface area (Å²) in [6, 6.07) is 9.09. The number of benzene rings is 1. The van der Waals surface area contributed by atoms with E-state index in [1.807, 2.05) is 30.3 Å². The van der Waals surface area contributed by atoms with E-state index in [4.69, 9.17) is 10.5 Å². The molecule has 5 nitrogen and oxygen atoms in total. The molecule has 0 aromatic heterocycles. The van der Waals surface area contributed by atoms with Crippen LogP contribution in [-0.2, 0) is 14.3 Å². The van der Waals surface area contributed by atoms with Crippen molar-refractivity contribution >= 4 is 23.6 Å². The zero-order chi connectivity index (χ0) is 14.5. The molecule has 1 fully saturated rings. The highest BCUT2D eigenvalue weighted by Gasteiger charge is 2.42. The molecule has 2 N–H and O–H groups in total. The zero-order valence-corrected chi connectivity index (χ0v) is 12.1. The van der Waals surface area contributed by atoms with E-state index in [0.717, 1.165) is 5.56 Å². The first-order chi connectivity index (χ1) is 9.69. The monoisotopic (exact) mass is 294 g/mol. The molecule has 2 rings (SSSR count). The summed E-state index contributed by atoms with van der Waals surface area (Å²) in [7, 11) is 0. The minimum Gasteiger partial charge on any atom is -0.464 e. The van der Waals surface area contributed by atoms with Crippen LogP contribution in [0.1, 0.15) is 17.9 Å². The van der Waals surface area contributed by atoms with Crippen molar-refractivity contribution in [2.24, 2.45) is 5.73 Å². The second-order valence-corrected chi connectivity index (χ2v) is 5.48. The van der Waals surface area contributed by atoms with Crippen molar-refractivity contribution in [3.05, 3.63) is 35.9 Å². The molecule has 1 saturated heterocycles. The molecule has 0 bridgehead atoms. The second-order valence-electron chi connectivity index (χ2n) is 4.37. The van der Waals surface area contributed by atoms with Crippen LogP contribution in [0, 0.1) is 0 Å². The molecule has 1 aliphatic rings. The molecule has 108 valence electrons. The van der Waals surface area contributed by atoms with Crippen LogP contribution in [0.15, 0.2) is 30.3 Å². The number of ether oxygens (including phenoxy) is 1. The number of amides is 1. The third-order valence-electron chi connectivity index (χ3n) is 3.11. The maximum absolute atomic E-state index is 12.1. The molecule has 2 atom stereocenters. The summed E-state index contributed by atoms with van der Waals surface area (Å²) < 4.78 is 5.05. The molecule has 1 aromatic carbocycles. The van der Waals surface area contributed by atoms with Gasteiger partial charge in [-0.05, 0) is 12.5 Å². The van der Waals surface area contributed by atoms with E-state index < -0.39 is 6.04 Å². The van der Waals surface area contributed by atoms with E-state index in [0.29, 0.717) is 12.4 Å². The summed E-state index contributed by atoms with van der Waals surface area (Å²) in [6.07, 6.45) is 0. The van der Waals surface area contributed by atoms with Crippen LogP contribution in [0.5, 0.6) is 0 Å². The van der Waals surface area contributed by atoms with Gasteiger partial charge < -0.3 is 15.4 Å². The highest BCUT2D eigenvalue weighted by Crippen LogP contribution is 2.41. The van der Waals surface area contributed by atoms with Gasteiger partial charge in [-0.25, -0.2) is 4.79 Å². The van der Waals surface area contributed by atoms with Crippen LogP contribution in [0.2, 0.25) is 0 Å². The van der Waals surface area contributed by atoms with Gasteiger partial charge in [-0.3, -0.25) is 4.79 Å². The first-order valence-electron chi connectivity index (χ1n) is 6.53. The molecule has 0 aliphatic carbocycles. The quantitative estimate of drug-likeness (QED) is 0.843. The molecule has 2 unspecified atom stereocenters. The molecule has 1 amide bonds. The molecular weight excluding hydrogens is 276 g/mol. The molecule has 1 heterocycles. The largest absolute Gasteiger partial charge is 0.464 e. The van der Waals surface area contributed by atoms with E-state index in [1.165, 1.54) is 0 Å². The van der Waals surface area contributed by atoms with Crippen LogP contribution in [-0.4, -0.2) is 41.7 Å². The summed E-state index contributed by atoms with van der Waals surface area (Å²) in [5, 5.41) is -0.179. The van der Waals surface area contributed by atoms with E-state index in [1.54, 1.807) is 23.6 Å². The predicted octanol–water partition coefficient (Wildman–Crippen LogP) is 1.15. The van der Waals surface area contributed by atoms with E-state index in [-0.39, 0.29) is 23.8 Å². The van der Waals surface area contributed by atoms with Crippen LogP contribution in [0.25, 0.3) is 0 Å².